The Hall–Kier alpha value is -2.07. The Kier molecular flexibility index (Phi) is 5.24. The minimum absolute atomic E-state index is 0.0155. The van der Waals surface area contributed by atoms with Gasteiger partial charge in [-0.25, -0.2) is 8.42 Å². The van der Waals surface area contributed by atoms with Crippen LogP contribution in [0.15, 0.2) is 59.5 Å². The van der Waals surface area contributed by atoms with Gasteiger partial charge in [-0.3, -0.25) is 0 Å². The van der Waals surface area contributed by atoms with Crippen molar-refractivity contribution in [2.75, 3.05) is 12.9 Å². The highest BCUT2D eigenvalue weighted by Gasteiger charge is 2.52. The lowest BCUT2D eigenvalue weighted by Crippen LogP contribution is -2.48. The van der Waals surface area contributed by atoms with E-state index in [4.69, 9.17) is 4.74 Å². The molecule has 0 radical (unpaired) electrons. The smallest absolute Gasteiger partial charge is 0.181 e. The Bertz CT molecular complexity index is 1060. The van der Waals surface area contributed by atoms with Crippen LogP contribution >= 0.6 is 0 Å². The van der Waals surface area contributed by atoms with Gasteiger partial charge in [0.25, 0.3) is 0 Å². The molecular weight excluding hydrogens is 404 g/mol. The molecule has 0 unspecified atom stereocenters. The number of hydrogen-bond acceptors (Lipinski definition) is 3. The number of allylic oxidation sites excluding steroid dienone is 1. The van der Waals surface area contributed by atoms with Crippen molar-refractivity contribution in [2.24, 2.45) is 17.8 Å². The van der Waals surface area contributed by atoms with E-state index >= 15 is 0 Å². The molecule has 0 spiro atoms. The number of ether oxygens (including phenoxy) is 1. The van der Waals surface area contributed by atoms with Crippen molar-refractivity contribution in [3.05, 3.63) is 65.7 Å². The molecule has 4 bridgehead atoms. The molecule has 4 aliphatic carbocycles. The molecular formula is C27H32O3S. The third-order valence-electron chi connectivity index (χ3n) is 7.98. The molecule has 0 atom stereocenters. The number of sulfone groups is 1. The van der Waals surface area contributed by atoms with Crippen LogP contribution in [-0.4, -0.2) is 21.3 Å². The van der Waals surface area contributed by atoms with Crippen LogP contribution in [0.25, 0.3) is 5.57 Å². The van der Waals surface area contributed by atoms with Gasteiger partial charge in [0.15, 0.2) is 9.84 Å². The van der Waals surface area contributed by atoms with Gasteiger partial charge < -0.3 is 4.74 Å². The second-order valence-electron chi connectivity index (χ2n) is 10.1. The predicted molar refractivity (Wildman–Crippen MR) is 125 cm³/mol. The first-order chi connectivity index (χ1) is 14.9. The van der Waals surface area contributed by atoms with Gasteiger partial charge >= 0.3 is 0 Å². The molecule has 2 aromatic carbocycles. The lowest BCUT2D eigenvalue weighted by molar-refractivity contribution is -0.00616. The van der Waals surface area contributed by atoms with Crippen LogP contribution < -0.4 is 4.74 Å². The quantitative estimate of drug-likeness (QED) is 0.554. The third-order valence-corrected chi connectivity index (χ3v) is 9.57. The van der Waals surface area contributed by atoms with Crippen molar-refractivity contribution >= 4 is 15.4 Å². The van der Waals surface area contributed by atoms with Crippen molar-refractivity contribution in [1.82, 2.24) is 0 Å². The zero-order valence-corrected chi connectivity index (χ0v) is 19.3. The van der Waals surface area contributed by atoms with E-state index in [1.54, 1.807) is 31.4 Å². The molecule has 4 fully saturated rings. The Labute approximate surface area is 186 Å². The van der Waals surface area contributed by atoms with Crippen molar-refractivity contribution in [3.8, 4) is 5.75 Å². The third kappa shape index (κ3) is 3.84. The fourth-order valence-corrected chi connectivity index (χ4v) is 8.12. The van der Waals surface area contributed by atoms with Gasteiger partial charge in [-0.2, -0.15) is 0 Å². The monoisotopic (exact) mass is 436 g/mol. The van der Waals surface area contributed by atoms with Gasteiger partial charge in [0.1, 0.15) is 5.75 Å². The molecule has 3 nitrogen and oxygen atoms in total. The summed E-state index contributed by atoms with van der Waals surface area (Å²) in [4.78, 5) is 0.378. The van der Waals surface area contributed by atoms with Gasteiger partial charge in [0.2, 0.25) is 0 Å². The first kappa shape index (κ1) is 20.8. The molecule has 2 aromatic rings. The van der Waals surface area contributed by atoms with Crippen molar-refractivity contribution in [3.63, 3.8) is 0 Å². The first-order valence-electron chi connectivity index (χ1n) is 11.5. The molecule has 0 aromatic heterocycles. The lowest BCUT2D eigenvalue weighted by atomic mass is 9.48. The van der Waals surface area contributed by atoms with Gasteiger partial charge in [0.05, 0.1) is 17.8 Å². The molecule has 4 saturated carbocycles. The van der Waals surface area contributed by atoms with Crippen LogP contribution in [0.5, 0.6) is 5.75 Å². The largest absolute Gasteiger partial charge is 0.496 e. The molecule has 0 amide bonds. The minimum Gasteiger partial charge on any atom is -0.496 e. The minimum atomic E-state index is -3.32. The van der Waals surface area contributed by atoms with Gasteiger partial charge in [-0.05, 0) is 104 Å². The highest BCUT2D eigenvalue weighted by atomic mass is 32.2. The summed E-state index contributed by atoms with van der Waals surface area (Å²) in [5.74, 6) is 3.61. The first-order valence-corrected chi connectivity index (χ1v) is 13.2. The number of hydrogen-bond donors (Lipinski definition) is 0. The molecule has 0 heterocycles. The predicted octanol–water partition coefficient (Wildman–Crippen LogP) is 6.04. The molecule has 4 aliphatic rings. The number of rotatable bonds is 6. The zero-order chi connectivity index (χ0) is 21.6. The Morgan fingerprint density at radius 1 is 1.00 bits per heavy atom. The summed E-state index contributed by atoms with van der Waals surface area (Å²) in [6.07, 6.45) is 9.94. The van der Waals surface area contributed by atoms with E-state index in [-0.39, 0.29) is 11.2 Å². The molecule has 164 valence electrons. The summed E-state index contributed by atoms with van der Waals surface area (Å²) in [6.45, 7) is 2.02. The number of benzene rings is 2. The van der Waals surface area contributed by atoms with Gasteiger partial charge in [-0.1, -0.05) is 30.3 Å². The number of methoxy groups -OCH3 is 1. The topological polar surface area (TPSA) is 43.4 Å². The van der Waals surface area contributed by atoms with Crippen LogP contribution in [0.1, 0.15) is 56.6 Å². The van der Waals surface area contributed by atoms with E-state index in [1.165, 1.54) is 44.1 Å². The summed E-state index contributed by atoms with van der Waals surface area (Å²) < 4.78 is 31.2. The van der Waals surface area contributed by atoms with Crippen molar-refractivity contribution < 1.29 is 13.2 Å². The highest BCUT2D eigenvalue weighted by Crippen LogP contribution is 2.62. The molecule has 4 heteroatoms. The van der Waals surface area contributed by atoms with Crippen LogP contribution in [0, 0.1) is 17.8 Å². The average molecular weight is 437 g/mol. The maximum Gasteiger partial charge on any atom is 0.181 e. The standard InChI is InChI=1S/C27H32O3S/c1-19(10-11-31(28,29)24-6-4-3-5-7-24)23-8-9-26(30-2)25(15-23)27-16-20-12-21(17-27)14-22(13-20)18-27/h3-10,15,20-22H,11-14,16-18H2,1-2H3. The Morgan fingerprint density at radius 3 is 2.19 bits per heavy atom. The van der Waals surface area contributed by atoms with E-state index in [2.05, 4.69) is 18.2 Å². The van der Waals surface area contributed by atoms with Crippen LogP contribution in [-0.2, 0) is 15.3 Å². The summed E-state index contributed by atoms with van der Waals surface area (Å²) in [5, 5.41) is 0. The molecule has 31 heavy (non-hydrogen) atoms. The van der Waals surface area contributed by atoms with Gasteiger partial charge in [-0.15, -0.1) is 0 Å². The maximum atomic E-state index is 12.7. The Balaban J connectivity index is 1.45. The second-order valence-corrected chi connectivity index (χ2v) is 12.1. The van der Waals surface area contributed by atoms with Crippen LogP contribution in [0.4, 0.5) is 0 Å². The summed E-state index contributed by atoms with van der Waals surface area (Å²) >= 11 is 0. The molecule has 6 rings (SSSR count). The fraction of sp³-hybridized carbons (Fsp3) is 0.481. The van der Waals surface area contributed by atoms with Crippen LogP contribution in [0.3, 0.4) is 0 Å². The summed E-state index contributed by atoms with van der Waals surface area (Å²) in [6, 6.07) is 15.2. The van der Waals surface area contributed by atoms with E-state index in [1.807, 2.05) is 19.1 Å². The molecule has 0 N–H and O–H groups in total. The van der Waals surface area contributed by atoms with E-state index < -0.39 is 9.84 Å². The summed E-state index contributed by atoms with van der Waals surface area (Å²) in [7, 11) is -1.55. The summed E-state index contributed by atoms with van der Waals surface area (Å²) in [5.41, 5.74) is 3.71. The van der Waals surface area contributed by atoms with Crippen LogP contribution in [0.2, 0.25) is 0 Å². The lowest BCUT2D eigenvalue weighted by Gasteiger charge is -2.57. The van der Waals surface area contributed by atoms with E-state index in [9.17, 15) is 8.42 Å². The van der Waals surface area contributed by atoms with E-state index in [0.717, 1.165) is 34.6 Å². The molecule has 0 aliphatic heterocycles. The highest BCUT2D eigenvalue weighted by molar-refractivity contribution is 7.91. The maximum absolute atomic E-state index is 12.7. The SMILES string of the molecule is COc1ccc(C(C)=CCS(=O)(=O)c2ccccc2)cc1C12CC3CC(CC(C3)C1)C2. The normalized spacial score (nSPS) is 29.9. The molecule has 0 saturated heterocycles. The second kappa shape index (κ2) is 7.81. The Morgan fingerprint density at radius 2 is 1.61 bits per heavy atom. The van der Waals surface area contributed by atoms with Gasteiger partial charge in [0, 0.05) is 5.56 Å². The average Bonchev–Trinajstić information content (AvgIpc) is 2.77. The van der Waals surface area contributed by atoms with Crippen molar-refractivity contribution in [2.45, 2.75) is 55.8 Å². The fourth-order valence-electron chi connectivity index (χ4n) is 6.88. The van der Waals surface area contributed by atoms with E-state index in [0.29, 0.717) is 4.90 Å². The zero-order valence-electron chi connectivity index (χ0n) is 18.5. The van der Waals surface area contributed by atoms with Crippen molar-refractivity contribution in [1.29, 1.82) is 0 Å².